The smallest absolute Gasteiger partial charge is 0.268 e. The summed E-state index contributed by atoms with van der Waals surface area (Å²) in [6.45, 7) is 2.44. The maximum absolute atomic E-state index is 12.8. The van der Waals surface area contributed by atoms with E-state index in [0.29, 0.717) is 17.2 Å². The Morgan fingerprint density at radius 3 is 2.78 bits per heavy atom. The SMILES string of the molecule is Cc1nc(-c2cccs2)sc1C(=O)Nc1ccnn1Cc1ccc(Br)cc1. The largest absolute Gasteiger partial charge is 0.306 e. The van der Waals surface area contributed by atoms with E-state index < -0.39 is 0 Å². The molecule has 3 heterocycles. The Labute approximate surface area is 172 Å². The van der Waals surface area contributed by atoms with Crippen molar-refractivity contribution in [3.63, 3.8) is 0 Å². The van der Waals surface area contributed by atoms with E-state index in [2.05, 4.69) is 31.3 Å². The Bertz CT molecular complexity index is 1070. The molecule has 0 radical (unpaired) electrons. The van der Waals surface area contributed by atoms with Gasteiger partial charge in [0.15, 0.2) is 0 Å². The van der Waals surface area contributed by atoms with Crippen molar-refractivity contribution >= 4 is 50.3 Å². The summed E-state index contributed by atoms with van der Waals surface area (Å²) in [6.07, 6.45) is 1.69. The summed E-state index contributed by atoms with van der Waals surface area (Å²) < 4.78 is 2.81. The molecule has 0 fully saturated rings. The lowest BCUT2D eigenvalue weighted by Crippen LogP contribution is -2.16. The van der Waals surface area contributed by atoms with Gasteiger partial charge in [0.1, 0.15) is 15.7 Å². The first-order valence-electron chi connectivity index (χ1n) is 8.19. The van der Waals surface area contributed by atoms with E-state index >= 15 is 0 Å². The number of hydrogen-bond acceptors (Lipinski definition) is 5. The lowest BCUT2D eigenvalue weighted by Gasteiger charge is -2.09. The minimum absolute atomic E-state index is 0.162. The number of nitrogens with zero attached hydrogens (tertiary/aromatic N) is 3. The summed E-state index contributed by atoms with van der Waals surface area (Å²) >= 11 is 6.47. The molecule has 0 saturated carbocycles. The molecule has 0 spiro atoms. The molecule has 0 saturated heterocycles. The first kappa shape index (κ1) is 18.1. The highest BCUT2D eigenvalue weighted by atomic mass is 79.9. The molecular weight excluding hydrogens is 444 g/mol. The molecule has 136 valence electrons. The van der Waals surface area contributed by atoms with Crippen molar-refractivity contribution in [3.05, 3.63) is 74.6 Å². The Hall–Kier alpha value is -2.29. The van der Waals surface area contributed by atoms with Crippen molar-refractivity contribution in [2.24, 2.45) is 0 Å². The van der Waals surface area contributed by atoms with Gasteiger partial charge in [-0.1, -0.05) is 34.1 Å². The van der Waals surface area contributed by atoms with Crippen LogP contribution in [0, 0.1) is 6.92 Å². The highest BCUT2D eigenvalue weighted by molar-refractivity contribution is 9.10. The first-order valence-corrected chi connectivity index (χ1v) is 10.7. The molecule has 5 nitrogen and oxygen atoms in total. The summed E-state index contributed by atoms with van der Waals surface area (Å²) in [5.74, 6) is 0.499. The second-order valence-corrected chi connectivity index (χ2v) is 8.73. The Balaban J connectivity index is 1.52. The number of nitrogens with one attached hydrogen (secondary N) is 1. The minimum Gasteiger partial charge on any atom is -0.306 e. The molecule has 1 aromatic carbocycles. The number of thiophene rings is 1. The van der Waals surface area contributed by atoms with Crippen molar-refractivity contribution < 1.29 is 4.79 Å². The second kappa shape index (κ2) is 7.75. The zero-order chi connectivity index (χ0) is 18.8. The summed E-state index contributed by atoms with van der Waals surface area (Å²) in [7, 11) is 0. The van der Waals surface area contributed by atoms with Crippen LogP contribution in [-0.4, -0.2) is 20.7 Å². The van der Waals surface area contributed by atoms with Crippen LogP contribution in [0.4, 0.5) is 5.82 Å². The fourth-order valence-corrected chi connectivity index (χ4v) is 4.64. The van der Waals surface area contributed by atoms with Crippen LogP contribution in [0.25, 0.3) is 9.88 Å². The third kappa shape index (κ3) is 4.02. The second-order valence-electron chi connectivity index (χ2n) is 5.87. The molecule has 1 amide bonds. The summed E-state index contributed by atoms with van der Waals surface area (Å²) in [5.41, 5.74) is 1.84. The highest BCUT2D eigenvalue weighted by Crippen LogP contribution is 2.31. The van der Waals surface area contributed by atoms with Gasteiger partial charge in [0.05, 0.1) is 23.3 Å². The van der Waals surface area contributed by atoms with Crippen LogP contribution in [-0.2, 0) is 6.54 Å². The molecule has 0 unspecified atom stereocenters. The molecule has 4 rings (SSSR count). The van der Waals surface area contributed by atoms with Crippen LogP contribution in [0.1, 0.15) is 20.9 Å². The predicted molar refractivity (Wildman–Crippen MR) is 114 cm³/mol. The van der Waals surface area contributed by atoms with Gasteiger partial charge in [0, 0.05) is 10.5 Å². The number of anilines is 1. The van der Waals surface area contributed by atoms with Gasteiger partial charge >= 0.3 is 0 Å². The number of benzene rings is 1. The lowest BCUT2D eigenvalue weighted by molar-refractivity contribution is 0.102. The average molecular weight is 459 g/mol. The van der Waals surface area contributed by atoms with Crippen molar-refractivity contribution in [2.45, 2.75) is 13.5 Å². The minimum atomic E-state index is -0.162. The van der Waals surface area contributed by atoms with Crippen LogP contribution >= 0.6 is 38.6 Å². The maximum Gasteiger partial charge on any atom is 0.268 e. The number of carbonyl (C=O) groups excluding carboxylic acids is 1. The molecule has 8 heteroatoms. The van der Waals surface area contributed by atoms with Crippen LogP contribution < -0.4 is 5.32 Å². The van der Waals surface area contributed by atoms with E-state index in [1.165, 1.54) is 11.3 Å². The number of hydrogen-bond donors (Lipinski definition) is 1. The molecule has 27 heavy (non-hydrogen) atoms. The number of thiazole rings is 1. The summed E-state index contributed by atoms with van der Waals surface area (Å²) in [4.78, 5) is 19.0. The van der Waals surface area contributed by atoms with Crippen LogP contribution in [0.5, 0.6) is 0 Å². The molecule has 3 aromatic heterocycles. The van der Waals surface area contributed by atoms with E-state index in [1.54, 1.807) is 28.3 Å². The van der Waals surface area contributed by atoms with Crippen molar-refractivity contribution in [1.29, 1.82) is 0 Å². The van der Waals surface area contributed by atoms with E-state index in [1.807, 2.05) is 48.7 Å². The van der Waals surface area contributed by atoms with Gasteiger partial charge in [-0.05, 0) is 36.1 Å². The van der Waals surface area contributed by atoms with Gasteiger partial charge in [-0.15, -0.1) is 22.7 Å². The first-order chi connectivity index (χ1) is 13.1. The monoisotopic (exact) mass is 458 g/mol. The molecule has 0 aliphatic carbocycles. The summed E-state index contributed by atoms with van der Waals surface area (Å²) in [5, 5.41) is 10.2. The van der Waals surface area contributed by atoms with Crippen LogP contribution in [0.3, 0.4) is 0 Å². The standard InChI is InChI=1S/C19H15BrN4OS2/c1-12-17(27-19(22-12)15-3-2-10-26-15)18(25)23-16-8-9-21-24(16)11-13-4-6-14(20)7-5-13/h2-10H,11H2,1H3,(H,23,25). The van der Waals surface area contributed by atoms with Crippen LogP contribution in [0.15, 0.2) is 58.5 Å². The number of rotatable bonds is 5. The number of carbonyl (C=O) groups is 1. The number of amides is 1. The van der Waals surface area contributed by atoms with Gasteiger partial charge in [-0.25, -0.2) is 9.67 Å². The zero-order valence-electron chi connectivity index (χ0n) is 14.3. The Morgan fingerprint density at radius 2 is 2.04 bits per heavy atom. The van der Waals surface area contributed by atoms with E-state index in [4.69, 9.17) is 0 Å². The fraction of sp³-hybridized carbons (Fsp3) is 0.105. The van der Waals surface area contributed by atoms with E-state index in [-0.39, 0.29) is 5.91 Å². The van der Waals surface area contributed by atoms with Gasteiger partial charge in [0.25, 0.3) is 5.91 Å². The molecule has 0 aliphatic rings. The highest BCUT2D eigenvalue weighted by Gasteiger charge is 2.18. The fourth-order valence-electron chi connectivity index (χ4n) is 2.61. The zero-order valence-corrected chi connectivity index (χ0v) is 17.6. The number of aryl methyl sites for hydroxylation is 1. The van der Waals surface area contributed by atoms with Crippen LogP contribution in [0.2, 0.25) is 0 Å². The van der Waals surface area contributed by atoms with Crippen molar-refractivity contribution in [3.8, 4) is 9.88 Å². The van der Waals surface area contributed by atoms with Gasteiger partial charge in [0.2, 0.25) is 0 Å². The molecule has 0 atom stereocenters. The molecular formula is C19H15BrN4OS2. The number of aromatic nitrogens is 3. The quantitative estimate of drug-likeness (QED) is 0.433. The molecule has 1 N–H and O–H groups in total. The third-order valence-electron chi connectivity index (χ3n) is 3.94. The topological polar surface area (TPSA) is 59.8 Å². The van der Waals surface area contributed by atoms with Gasteiger partial charge in [-0.2, -0.15) is 5.10 Å². The van der Waals surface area contributed by atoms with E-state index in [9.17, 15) is 4.79 Å². The maximum atomic E-state index is 12.8. The Kier molecular flexibility index (Phi) is 5.20. The molecule has 0 aliphatic heterocycles. The summed E-state index contributed by atoms with van der Waals surface area (Å²) in [6, 6.07) is 13.8. The van der Waals surface area contributed by atoms with Crippen molar-refractivity contribution in [1.82, 2.24) is 14.8 Å². The predicted octanol–water partition coefficient (Wildman–Crippen LogP) is 5.44. The van der Waals surface area contributed by atoms with Gasteiger partial charge < -0.3 is 5.32 Å². The normalized spacial score (nSPS) is 10.9. The number of halogens is 1. The van der Waals surface area contributed by atoms with Gasteiger partial charge in [-0.3, -0.25) is 4.79 Å². The van der Waals surface area contributed by atoms with Crippen molar-refractivity contribution in [2.75, 3.05) is 5.32 Å². The Morgan fingerprint density at radius 1 is 1.22 bits per heavy atom. The van der Waals surface area contributed by atoms with E-state index in [0.717, 1.165) is 25.6 Å². The molecule has 4 aromatic rings. The third-order valence-corrected chi connectivity index (χ3v) is 6.66. The lowest BCUT2D eigenvalue weighted by atomic mass is 10.2. The molecule has 0 bridgehead atoms. The average Bonchev–Trinajstić information content (AvgIpc) is 3.38.